The molecule has 0 aliphatic rings. The minimum Gasteiger partial charge on any atom is -0.378 e. The van der Waals surface area contributed by atoms with Gasteiger partial charge in [-0.05, 0) is 36.2 Å². The fourth-order valence-electron chi connectivity index (χ4n) is 2.04. The highest BCUT2D eigenvalue weighted by Crippen LogP contribution is 2.16. The lowest BCUT2D eigenvalue weighted by Gasteiger charge is -2.15. The Morgan fingerprint density at radius 1 is 1.10 bits per heavy atom. The highest BCUT2D eigenvalue weighted by molar-refractivity contribution is 5.95. The van der Waals surface area contributed by atoms with Crippen molar-refractivity contribution in [2.45, 2.75) is 12.5 Å². The van der Waals surface area contributed by atoms with E-state index in [1.807, 2.05) is 73.6 Å². The first-order valence-electron chi connectivity index (χ1n) is 6.94. The Bertz CT molecular complexity index is 579. The molecule has 1 amide bonds. The van der Waals surface area contributed by atoms with E-state index in [0.29, 0.717) is 6.42 Å². The van der Waals surface area contributed by atoms with Crippen LogP contribution in [0.5, 0.6) is 0 Å². The molecule has 110 valence electrons. The number of hydrogen-bond acceptors (Lipinski definition) is 3. The Morgan fingerprint density at radius 3 is 2.29 bits per heavy atom. The molecule has 1 unspecified atom stereocenters. The van der Waals surface area contributed by atoms with Gasteiger partial charge in [0.1, 0.15) is 0 Å². The Kier molecular flexibility index (Phi) is 4.95. The predicted molar refractivity (Wildman–Crippen MR) is 87.5 cm³/mol. The van der Waals surface area contributed by atoms with Gasteiger partial charge in [-0.1, -0.05) is 30.3 Å². The zero-order chi connectivity index (χ0) is 15.2. The molecule has 0 fully saturated rings. The van der Waals surface area contributed by atoms with Crippen molar-refractivity contribution in [3.8, 4) is 0 Å². The third-order valence-corrected chi connectivity index (χ3v) is 3.29. The van der Waals surface area contributed by atoms with Gasteiger partial charge in [0.05, 0.1) is 6.04 Å². The van der Waals surface area contributed by atoms with Gasteiger partial charge in [0.15, 0.2) is 0 Å². The first kappa shape index (κ1) is 15.1. The van der Waals surface area contributed by atoms with E-state index in [1.165, 1.54) is 0 Å². The number of amides is 1. The van der Waals surface area contributed by atoms with Crippen molar-refractivity contribution in [2.24, 2.45) is 5.73 Å². The smallest absolute Gasteiger partial charge is 0.241 e. The number of benzene rings is 2. The van der Waals surface area contributed by atoms with E-state index in [4.69, 9.17) is 5.73 Å². The normalized spacial score (nSPS) is 11.8. The van der Waals surface area contributed by atoms with Crippen molar-refractivity contribution in [1.82, 2.24) is 0 Å². The zero-order valence-electron chi connectivity index (χ0n) is 12.4. The van der Waals surface area contributed by atoms with E-state index >= 15 is 0 Å². The standard InChI is InChI=1S/C17H21N3O/c1-20(2)15-10-8-14(9-11-15)19-17(21)16(18)12-13-6-4-3-5-7-13/h3-11,16H,12,18H2,1-2H3,(H,19,21). The van der Waals surface area contributed by atoms with Gasteiger partial charge in [-0.3, -0.25) is 4.79 Å². The second-order valence-electron chi connectivity index (χ2n) is 5.23. The van der Waals surface area contributed by atoms with E-state index < -0.39 is 6.04 Å². The van der Waals surface area contributed by atoms with Gasteiger partial charge in [0.2, 0.25) is 5.91 Å². The van der Waals surface area contributed by atoms with Crippen LogP contribution in [0.25, 0.3) is 0 Å². The predicted octanol–water partition coefficient (Wildman–Crippen LogP) is 2.26. The largest absolute Gasteiger partial charge is 0.378 e. The summed E-state index contributed by atoms with van der Waals surface area (Å²) in [6, 6.07) is 16.9. The molecule has 0 aliphatic heterocycles. The summed E-state index contributed by atoms with van der Waals surface area (Å²) < 4.78 is 0. The van der Waals surface area contributed by atoms with Crippen molar-refractivity contribution in [1.29, 1.82) is 0 Å². The summed E-state index contributed by atoms with van der Waals surface area (Å²) in [6.07, 6.45) is 0.530. The van der Waals surface area contributed by atoms with Crippen molar-refractivity contribution in [3.63, 3.8) is 0 Å². The molecule has 2 aromatic carbocycles. The van der Waals surface area contributed by atoms with Crippen LogP contribution in [0, 0.1) is 0 Å². The molecular formula is C17H21N3O. The lowest BCUT2D eigenvalue weighted by atomic mass is 10.1. The van der Waals surface area contributed by atoms with Gasteiger partial charge in [-0.15, -0.1) is 0 Å². The summed E-state index contributed by atoms with van der Waals surface area (Å²) in [4.78, 5) is 14.1. The number of hydrogen-bond donors (Lipinski definition) is 2. The average molecular weight is 283 g/mol. The summed E-state index contributed by atoms with van der Waals surface area (Å²) in [5.74, 6) is -0.170. The van der Waals surface area contributed by atoms with Gasteiger partial charge in [-0.25, -0.2) is 0 Å². The Labute approximate surface area is 125 Å². The van der Waals surface area contributed by atoms with Crippen molar-refractivity contribution in [2.75, 3.05) is 24.3 Å². The summed E-state index contributed by atoms with van der Waals surface area (Å²) in [6.45, 7) is 0. The van der Waals surface area contributed by atoms with Crippen molar-refractivity contribution in [3.05, 3.63) is 60.2 Å². The van der Waals surface area contributed by atoms with Gasteiger partial charge < -0.3 is 16.0 Å². The molecule has 0 saturated carbocycles. The lowest BCUT2D eigenvalue weighted by Crippen LogP contribution is -2.37. The molecule has 0 saturated heterocycles. The lowest BCUT2D eigenvalue weighted by molar-refractivity contribution is -0.117. The van der Waals surface area contributed by atoms with Crippen molar-refractivity contribution >= 4 is 17.3 Å². The molecular weight excluding hydrogens is 262 g/mol. The van der Waals surface area contributed by atoms with Gasteiger partial charge in [0, 0.05) is 25.5 Å². The van der Waals surface area contributed by atoms with Gasteiger partial charge in [0.25, 0.3) is 0 Å². The van der Waals surface area contributed by atoms with E-state index in [9.17, 15) is 4.79 Å². The fraction of sp³-hybridized carbons (Fsp3) is 0.235. The number of carbonyl (C=O) groups is 1. The monoisotopic (exact) mass is 283 g/mol. The van der Waals surface area contributed by atoms with E-state index in [2.05, 4.69) is 5.32 Å². The second kappa shape index (κ2) is 6.90. The number of rotatable bonds is 5. The molecule has 0 spiro atoms. The number of nitrogens with two attached hydrogens (primary N) is 1. The topological polar surface area (TPSA) is 58.4 Å². The maximum atomic E-state index is 12.1. The number of nitrogens with zero attached hydrogens (tertiary/aromatic N) is 1. The molecule has 0 aromatic heterocycles. The van der Waals surface area contributed by atoms with Crippen LogP contribution in [0.3, 0.4) is 0 Å². The van der Waals surface area contributed by atoms with E-state index in [0.717, 1.165) is 16.9 Å². The summed E-state index contributed by atoms with van der Waals surface area (Å²) in [5.41, 5.74) is 8.86. The second-order valence-corrected chi connectivity index (χ2v) is 5.23. The molecule has 0 radical (unpaired) electrons. The summed E-state index contributed by atoms with van der Waals surface area (Å²) >= 11 is 0. The zero-order valence-corrected chi connectivity index (χ0v) is 12.4. The van der Waals surface area contributed by atoms with Crippen LogP contribution >= 0.6 is 0 Å². The van der Waals surface area contributed by atoms with Crippen molar-refractivity contribution < 1.29 is 4.79 Å². The molecule has 4 heteroatoms. The third-order valence-electron chi connectivity index (χ3n) is 3.29. The molecule has 0 aliphatic carbocycles. The molecule has 0 heterocycles. The minimum absolute atomic E-state index is 0.170. The first-order valence-corrected chi connectivity index (χ1v) is 6.94. The summed E-state index contributed by atoms with van der Waals surface area (Å²) in [7, 11) is 3.95. The van der Waals surface area contributed by atoms with E-state index in [1.54, 1.807) is 0 Å². The molecule has 3 N–H and O–H groups in total. The Balaban J connectivity index is 1.94. The molecule has 1 atom stereocenters. The highest BCUT2D eigenvalue weighted by atomic mass is 16.2. The number of nitrogens with one attached hydrogen (secondary N) is 1. The number of carbonyl (C=O) groups excluding carboxylic acids is 1. The Morgan fingerprint density at radius 2 is 1.71 bits per heavy atom. The maximum Gasteiger partial charge on any atom is 0.241 e. The summed E-state index contributed by atoms with van der Waals surface area (Å²) in [5, 5.41) is 2.85. The Hall–Kier alpha value is -2.33. The fourth-order valence-corrected chi connectivity index (χ4v) is 2.04. The molecule has 2 rings (SSSR count). The van der Waals surface area contributed by atoms with Crippen LogP contribution < -0.4 is 16.0 Å². The van der Waals surface area contributed by atoms with Crippen LogP contribution in [-0.4, -0.2) is 26.0 Å². The van der Waals surface area contributed by atoms with Crippen LogP contribution in [0.2, 0.25) is 0 Å². The quantitative estimate of drug-likeness (QED) is 0.885. The maximum absolute atomic E-state index is 12.1. The molecule has 21 heavy (non-hydrogen) atoms. The van der Waals surface area contributed by atoms with Crippen LogP contribution in [-0.2, 0) is 11.2 Å². The van der Waals surface area contributed by atoms with E-state index in [-0.39, 0.29) is 5.91 Å². The molecule has 0 bridgehead atoms. The highest BCUT2D eigenvalue weighted by Gasteiger charge is 2.14. The third kappa shape index (κ3) is 4.33. The van der Waals surface area contributed by atoms with Crippen LogP contribution in [0.1, 0.15) is 5.56 Å². The van der Waals surface area contributed by atoms with Crippen LogP contribution in [0.4, 0.5) is 11.4 Å². The average Bonchev–Trinajstić information content (AvgIpc) is 2.48. The molecule has 4 nitrogen and oxygen atoms in total. The minimum atomic E-state index is -0.555. The van der Waals surface area contributed by atoms with Crippen LogP contribution in [0.15, 0.2) is 54.6 Å². The van der Waals surface area contributed by atoms with Gasteiger partial charge >= 0.3 is 0 Å². The van der Waals surface area contributed by atoms with Gasteiger partial charge in [-0.2, -0.15) is 0 Å². The SMILES string of the molecule is CN(C)c1ccc(NC(=O)C(N)Cc2ccccc2)cc1. The molecule has 2 aromatic rings. The number of anilines is 2. The first-order chi connectivity index (χ1) is 10.1.